The Balaban J connectivity index is 1.81. The van der Waals surface area contributed by atoms with Crippen molar-refractivity contribution in [2.24, 2.45) is 5.92 Å². The van der Waals surface area contributed by atoms with E-state index in [1.807, 2.05) is 0 Å². The van der Waals surface area contributed by atoms with E-state index in [0.29, 0.717) is 19.0 Å². The molecule has 0 aromatic carbocycles. The van der Waals surface area contributed by atoms with Crippen LogP contribution in [0.15, 0.2) is 0 Å². The smallest absolute Gasteiger partial charge is 0.410 e. The Morgan fingerprint density at radius 1 is 1.20 bits per heavy atom. The number of hydrogen-bond donors (Lipinski definition) is 1. The lowest BCUT2D eigenvalue weighted by Gasteiger charge is -2.31. The molecule has 144 valence electrons. The third-order valence-electron chi connectivity index (χ3n) is 4.90. The number of hydrogen-bond acceptors (Lipinski definition) is 5. The van der Waals surface area contributed by atoms with E-state index in [9.17, 15) is 14.0 Å². The number of nitrogens with zero attached hydrogens (tertiary/aromatic N) is 1. The van der Waals surface area contributed by atoms with Crippen LogP contribution in [0.1, 0.15) is 52.9 Å². The summed E-state index contributed by atoms with van der Waals surface area (Å²) in [6, 6.07) is 0.100. The minimum atomic E-state index is -1.01. The molecule has 0 radical (unpaired) electrons. The summed E-state index contributed by atoms with van der Waals surface area (Å²) in [5.74, 6) is -0.145. The summed E-state index contributed by atoms with van der Waals surface area (Å²) in [5, 5.41) is 3.44. The quantitative estimate of drug-likeness (QED) is 0.783. The summed E-state index contributed by atoms with van der Waals surface area (Å²) in [6.07, 6.45) is 2.26. The van der Waals surface area contributed by atoms with Crippen molar-refractivity contribution in [1.29, 1.82) is 0 Å². The molecule has 1 saturated heterocycles. The third-order valence-corrected chi connectivity index (χ3v) is 4.90. The van der Waals surface area contributed by atoms with E-state index in [2.05, 4.69) is 5.32 Å². The fourth-order valence-electron chi connectivity index (χ4n) is 3.60. The van der Waals surface area contributed by atoms with Gasteiger partial charge in [-0.3, -0.25) is 4.79 Å². The Kier molecular flexibility index (Phi) is 6.65. The van der Waals surface area contributed by atoms with Crippen molar-refractivity contribution in [1.82, 2.24) is 10.2 Å². The molecule has 0 aromatic heterocycles. The van der Waals surface area contributed by atoms with Crippen molar-refractivity contribution in [2.75, 3.05) is 20.2 Å². The number of esters is 1. The van der Waals surface area contributed by atoms with Gasteiger partial charge in [-0.1, -0.05) is 0 Å². The molecule has 2 atom stereocenters. The molecule has 7 heteroatoms. The highest BCUT2D eigenvalue weighted by atomic mass is 19.1. The van der Waals surface area contributed by atoms with Crippen LogP contribution in [0, 0.1) is 5.92 Å². The fourth-order valence-corrected chi connectivity index (χ4v) is 3.60. The summed E-state index contributed by atoms with van der Waals surface area (Å²) in [7, 11) is 1.42. The zero-order valence-corrected chi connectivity index (χ0v) is 15.7. The van der Waals surface area contributed by atoms with E-state index < -0.39 is 17.9 Å². The van der Waals surface area contributed by atoms with Crippen molar-refractivity contribution in [2.45, 2.75) is 76.7 Å². The highest BCUT2D eigenvalue weighted by molar-refractivity contribution is 5.72. The van der Waals surface area contributed by atoms with Crippen LogP contribution in [0.25, 0.3) is 0 Å². The number of likely N-dealkylation sites (tertiary alicyclic amines) is 1. The average molecular weight is 358 g/mol. The minimum Gasteiger partial charge on any atom is -0.469 e. The first-order valence-electron chi connectivity index (χ1n) is 9.14. The van der Waals surface area contributed by atoms with Crippen LogP contribution in [0.3, 0.4) is 0 Å². The van der Waals surface area contributed by atoms with Crippen molar-refractivity contribution in [3.63, 3.8) is 0 Å². The highest BCUT2D eigenvalue weighted by Crippen LogP contribution is 2.27. The highest BCUT2D eigenvalue weighted by Gasteiger charge is 2.38. The molecule has 1 N–H and O–H groups in total. The van der Waals surface area contributed by atoms with E-state index in [4.69, 9.17) is 9.47 Å². The van der Waals surface area contributed by atoms with Gasteiger partial charge in [0.05, 0.1) is 25.6 Å². The number of amides is 1. The van der Waals surface area contributed by atoms with Gasteiger partial charge in [0.1, 0.15) is 11.8 Å². The Labute approximate surface area is 149 Å². The molecule has 25 heavy (non-hydrogen) atoms. The topological polar surface area (TPSA) is 67.9 Å². The maximum Gasteiger partial charge on any atom is 0.410 e. The second-order valence-corrected chi connectivity index (χ2v) is 8.10. The van der Waals surface area contributed by atoms with Crippen LogP contribution >= 0.6 is 0 Å². The number of rotatable bonds is 4. The molecule has 2 fully saturated rings. The number of carbonyl (C=O) groups is 2. The number of nitrogens with one attached hydrogen (secondary N) is 1. The molecule has 1 heterocycles. The molecule has 2 rings (SSSR count). The number of ether oxygens (including phenoxy) is 2. The average Bonchev–Trinajstić information content (AvgIpc) is 2.92. The van der Waals surface area contributed by atoms with Gasteiger partial charge < -0.3 is 19.7 Å². The van der Waals surface area contributed by atoms with Crippen molar-refractivity contribution < 1.29 is 23.5 Å². The Morgan fingerprint density at radius 3 is 2.40 bits per heavy atom. The Hall–Kier alpha value is -1.37. The maximum atomic E-state index is 13.8. The van der Waals surface area contributed by atoms with Crippen LogP contribution in [0.4, 0.5) is 9.18 Å². The van der Waals surface area contributed by atoms with Gasteiger partial charge in [0.25, 0.3) is 0 Å². The lowest BCUT2D eigenvalue weighted by atomic mass is 9.86. The van der Waals surface area contributed by atoms with Gasteiger partial charge in [-0.25, -0.2) is 9.18 Å². The summed E-state index contributed by atoms with van der Waals surface area (Å²) in [4.78, 5) is 25.3. The van der Waals surface area contributed by atoms with Gasteiger partial charge in [-0.15, -0.1) is 0 Å². The van der Waals surface area contributed by atoms with E-state index in [-0.39, 0.29) is 24.5 Å². The number of alkyl halides is 1. The second-order valence-electron chi connectivity index (χ2n) is 8.10. The van der Waals surface area contributed by atoms with Crippen LogP contribution in [-0.4, -0.2) is 61.0 Å². The van der Waals surface area contributed by atoms with Gasteiger partial charge >= 0.3 is 12.1 Å². The molecule has 6 nitrogen and oxygen atoms in total. The summed E-state index contributed by atoms with van der Waals surface area (Å²) >= 11 is 0. The van der Waals surface area contributed by atoms with Crippen LogP contribution in [0.2, 0.25) is 0 Å². The minimum absolute atomic E-state index is 0.0111. The SMILES string of the molecule is COC(=O)C1CCC(NC[C@@H]2C[C@H](F)CN2C(=O)OC(C)(C)C)CC1. The predicted molar refractivity (Wildman–Crippen MR) is 92.0 cm³/mol. The molecule has 1 amide bonds. The lowest BCUT2D eigenvalue weighted by Crippen LogP contribution is -2.46. The molecule has 1 saturated carbocycles. The standard InChI is InChI=1S/C18H31FN2O4/c1-18(2,3)25-17(23)21-11-13(19)9-15(21)10-20-14-7-5-12(6-8-14)16(22)24-4/h12-15,20H,5-11H2,1-4H3/t12?,13-,14?,15-/m0/s1. The zero-order valence-electron chi connectivity index (χ0n) is 15.7. The van der Waals surface area contributed by atoms with E-state index in [0.717, 1.165) is 25.7 Å². The Bertz CT molecular complexity index is 472. The largest absolute Gasteiger partial charge is 0.469 e. The normalized spacial score (nSPS) is 30.2. The molecule has 0 aromatic rings. The second kappa shape index (κ2) is 8.34. The molecular weight excluding hydrogens is 327 g/mol. The molecule has 0 unspecified atom stereocenters. The van der Waals surface area contributed by atoms with Gasteiger partial charge in [-0.05, 0) is 46.5 Å². The van der Waals surface area contributed by atoms with Gasteiger partial charge in [0, 0.05) is 19.0 Å². The van der Waals surface area contributed by atoms with Crippen molar-refractivity contribution >= 4 is 12.1 Å². The summed E-state index contributed by atoms with van der Waals surface area (Å²) in [6.45, 7) is 6.06. The number of halogens is 1. The fraction of sp³-hybridized carbons (Fsp3) is 0.889. The third kappa shape index (κ3) is 5.83. The van der Waals surface area contributed by atoms with Crippen molar-refractivity contribution in [3.8, 4) is 0 Å². The molecule has 0 spiro atoms. The predicted octanol–water partition coefficient (Wildman–Crippen LogP) is 2.66. The van der Waals surface area contributed by atoms with Gasteiger partial charge in [-0.2, -0.15) is 0 Å². The monoisotopic (exact) mass is 358 g/mol. The molecule has 2 aliphatic rings. The molecule has 0 bridgehead atoms. The molecular formula is C18H31FN2O4. The first-order valence-corrected chi connectivity index (χ1v) is 9.14. The first kappa shape index (κ1) is 19.9. The van der Waals surface area contributed by atoms with Crippen LogP contribution in [0.5, 0.6) is 0 Å². The molecule has 1 aliphatic carbocycles. The van der Waals surface area contributed by atoms with E-state index >= 15 is 0 Å². The van der Waals surface area contributed by atoms with Gasteiger partial charge in [0.2, 0.25) is 0 Å². The maximum absolute atomic E-state index is 13.8. The first-order chi connectivity index (χ1) is 11.7. The summed E-state index contributed by atoms with van der Waals surface area (Å²) < 4.78 is 24.0. The van der Waals surface area contributed by atoms with Crippen LogP contribution < -0.4 is 5.32 Å². The summed E-state index contributed by atoms with van der Waals surface area (Å²) in [5.41, 5.74) is -0.588. The van der Waals surface area contributed by atoms with E-state index in [1.165, 1.54) is 12.0 Å². The lowest BCUT2D eigenvalue weighted by molar-refractivity contribution is -0.146. The Morgan fingerprint density at radius 2 is 1.84 bits per heavy atom. The zero-order chi connectivity index (χ0) is 18.6. The van der Waals surface area contributed by atoms with E-state index in [1.54, 1.807) is 20.8 Å². The number of carbonyl (C=O) groups excluding carboxylic acids is 2. The van der Waals surface area contributed by atoms with Crippen LogP contribution in [-0.2, 0) is 14.3 Å². The van der Waals surface area contributed by atoms with Crippen molar-refractivity contribution in [3.05, 3.63) is 0 Å². The molecule has 1 aliphatic heterocycles. The van der Waals surface area contributed by atoms with Gasteiger partial charge in [0.15, 0.2) is 0 Å². The number of methoxy groups -OCH3 is 1.